The van der Waals surface area contributed by atoms with Gasteiger partial charge in [-0.2, -0.15) is 0 Å². The van der Waals surface area contributed by atoms with Crippen molar-refractivity contribution < 1.29 is 24.2 Å². The number of carbonyl (C=O) groups excluding carboxylic acids is 1. The first-order valence-corrected chi connectivity index (χ1v) is 6.32. The highest BCUT2D eigenvalue weighted by Crippen LogP contribution is 2.00. The second-order valence-electron chi connectivity index (χ2n) is 3.55. The summed E-state index contributed by atoms with van der Waals surface area (Å²) in [5, 5.41) is 11.0. The largest absolute Gasteiger partial charge is 0.480 e. The van der Waals surface area contributed by atoms with Crippen LogP contribution in [0.5, 0.6) is 0 Å². The van der Waals surface area contributed by atoms with E-state index >= 15 is 0 Å². The SMILES string of the molecule is CC.COC[C@@H](NC(=O)OCc1ccccc1)C(=O)O. The van der Waals surface area contributed by atoms with Crippen LogP contribution >= 0.6 is 0 Å². The number of carbonyl (C=O) groups is 2. The summed E-state index contributed by atoms with van der Waals surface area (Å²) in [6.45, 7) is 3.97. The Kier molecular flexibility index (Phi) is 9.68. The van der Waals surface area contributed by atoms with Crippen molar-refractivity contribution in [2.45, 2.75) is 26.5 Å². The minimum Gasteiger partial charge on any atom is -0.480 e. The second kappa shape index (κ2) is 10.8. The molecule has 0 fully saturated rings. The monoisotopic (exact) mass is 283 g/mol. The average molecular weight is 283 g/mol. The van der Waals surface area contributed by atoms with E-state index in [4.69, 9.17) is 9.84 Å². The molecule has 112 valence electrons. The normalized spacial score (nSPS) is 10.8. The number of ether oxygens (including phenoxy) is 2. The van der Waals surface area contributed by atoms with E-state index in [1.54, 1.807) is 12.1 Å². The summed E-state index contributed by atoms with van der Waals surface area (Å²) in [6.07, 6.45) is -0.789. The van der Waals surface area contributed by atoms with Gasteiger partial charge in [-0.25, -0.2) is 9.59 Å². The van der Waals surface area contributed by atoms with Crippen LogP contribution in [0.15, 0.2) is 30.3 Å². The number of aliphatic carboxylic acids is 1. The molecule has 20 heavy (non-hydrogen) atoms. The Hall–Kier alpha value is -2.08. The number of carboxylic acid groups (broad SMARTS) is 1. The molecule has 1 rings (SSSR count). The van der Waals surface area contributed by atoms with Crippen LogP contribution < -0.4 is 5.32 Å². The van der Waals surface area contributed by atoms with Crippen molar-refractivity contribution in [3.05, 3.63) is 35.9 Å². The predicted molar refractivity (Wildman–Crippen MR) is 74.4 cm³/mol. The van der Waals surface area contributed by atoms with E-state index in [0.29, 0.717) is 0 Å². The lowest BCUT2D eigenvalue weighted by Crippen LogP contribution is -2.43. The maximum atomic E-state index is 11.4. The number of alkyl carbamates (subject to hydrolysis) is 1. The fourth-order valence-corrected chi connectivity index (χ4v) is 1.25. The van der Waals surface area contributed by atoms with Crippen LogP contribution in [0.2, 0.25) is 0 Å². The number of hydrogen-bond donors (Lipinski definition) is 2. The van der Waals surface area contributed by atoms with Crippen molar-refractivity contribution in [1.29, 1.82) is 0 Å². The minimum atomic E-state index is -1.17. The molecule has 0 heterocycles. The molecule has 0 bridgehead atoms. The topological polar surface area (TPSA) is 84.9 Å². The zero-order chi connectivity index (χ0) is 15.4. The summed E-state index contributed by atoms with van der Waals surface area (Å²) in [7, 11) is 1.35. The van der Waals surface area contributed by atoms with Gasteiger partial charge in [0.25, 0.3) is 0 Å². The van der Waals surface area contributed by atoms with Crippen LogP contribution in [0.3, 0.4) is 0 Å². The van der Waals surface area contributed by atoms with E-state index in [1.807, 2.05) is 32.0 Å². The zero-order valence-electron chi connectivity index (χ0n) is 12.0. The fraction of sp³-hybridized carbons (Fsp3) is 0.429. The molecule has 0 spiro atoms. The number of nitrogens with one attached hydrogen (secondary N) is 1. The smallest absolute Gasteiger partial charge is 0.408 e. The molecule has 1 aromatic rings. The molecule has 0 radical (unpaired) electrons. The lowest BCUT2D eigenvalue weighted by molar-refractivity contribution is -0.140. The molecule has 0 saturated carbocycles. The lowest BCUT2D eigenvalue weighted by Gasteiger charge is -2.13. The Morgan fingerprint density at radius 2 is 1.85 bits per heavy atom. The number of amides is 1. The van der Waals surface area contributed by atoms with Crippen LogP contribution in [0, 0.1) is 0 Å². The third-order valence-electron chi connectivity index (χ3n) is 2.14. The number of benzene rings is 1. The summed E-state index contributed by atoms with van der Waals surface area (Å²) in [6, 6.07) is 7.98. The first-order valence-electron chi connectivity index (χ1n) is 6.32. The quantitative estimate of drug-likeness (QED) is 0.834. The fourth-order valence-electron chi connectivity index (χ4n) is 1.25. The molecule has 6 heteroatoms. The van der Waals surface area contributed by atoms with Gasteiger partial charge in [0.05, 0.1) is 6.61 Å². The van der Waals surface area contributed by atoms with Crippen molar-refractivity contribution in [1.82, 2.24) is 5.32 Å². The van der Waals surface area contributed by atoms with Crippen LogP contribution in [0.25, 0.3) is 0 Å². The molecule has 0 aliphatic heterocycles. The molecule has 0 aliphatic carbocycles. The number of carboxylic acids is 1. The van der Waals surface area contributed by atoms with Gasteiger partial charge in [0.1, 0.15) is 6.61 Å². The Labute approximate surface area is 118 Å². The molecular formula is C14H21NO5. The van der Waals surface area contributed by atoms with Crippen LogP contribution in [-0.4, -0.2) is 36.9 Å². The molecule has 6 nitrogen and oxygen atoms in total. The summed E-state index contributed by atoms with van der Waals surface area (Å²) in [5.74, 6) is -1.17. The summed E-state index contributed by atoms with van der Waals surface area (Å²) >= 11 is 0. The van der Waals surface area contributed by atoms with Gasteiger partial charge in [0.15, 0.2) is 6.04 Å². The highest BCUT2D eigenvalue weighted by molar-refractivity contribution is 5.79. The van der Waals surface area contributed by atoms with Crippen LogP contribution in [-0.2, 0) is 20.9 Å². The van der Waals surface area contributed by atoms with Crippen LogP contribution in [0.1, 0.15) is 19.4 Å². The summed E-state index contributed by atoms with van der Waals surface area (Å²) < 4.78 is 9.56. The third-order valence-corrected chi connectivity index (χ3v) is 2.14. The Balaban J connectivity index is 0.00000172. The Morgan fingerprint density at radius 1 is 1.25 bits per heavy atom. The van der Waals surface area contributed by atoms with Crippen molar-refractivity contribution >= 4 is 12.1 Å². The standard InChI is InChI=1S/C12H15NO5.C2H6/c1-17-8-10(11(14)15)13-12(16)18-7-9-5-3-2-4-6-9;1-2/h2-6,10H,7-8H2,1H3,(H,13,16)(H,14,15);1-2H3/t10-;/m1./s1. The zero-order valence-corrected chi connectivity index (χ0v) is 12.0. The van der Waals surface area contributed by atoms with E-state index in [2.05, 4.69) is 10.1 Å². The Bertz CT molecular complexity index is 394. The molecule has 0 aliphatic rings. The van der Waals surface area contributed by atoms with Crippen molar-refractivity contribution in [3.8, 4) is 0 Å². The van der Waals surface area contributed by atoms with Gasteiger partial charge >= 0.3 is 12.1 Å². The molecule has 1 aromatic carbocycles. The molecule has 0 aromatic heterocycles. The lowest BCUT2D eigenvalue weighted by atomic mass is 10.2. The van der Waals surface area contributed by atoms with Crippen molar-refractivity contribution in [3.63, 3.8) is 0 Å². The van der Waals surface area contributed by atoms with E-state index in [9.17, 15) is 9.59 Å². The summed E-state index contributed by atoms with van der Waals surface area (Å²) in [5.41, 5.74) is 0.825. The Morgan fingerprint density at radius 3 is 2.35 bits per heavy atom. The predicted octanol–water partition coefficient (Wildman–Crippen LogP) is 2.04. The third kappa shape index (κ3) is 7.38. The molecule has 0 saturated heterocycles. The molecule has 2 N–H and O–H groups in total. The summed E-state index contributed by atoms with van der Waals surface area (Å²) in [4.78, 5) is 22.1. The van der Waals surface area contributed by atoms with Gasteiger partial charge < -0.3 is 19.9 Å². The number of methoxy groups -OCH3 is 1. The van der Waals surface area contributed by atoms with E-state index in [1.165, 1.54) is 7.11 Å². The molecular weight excluding hydrogens is 262 g/mol. The second-order valence-corrected chi connectivity index (χ2v) is 3.55. The molecule has 1 atom stereocenters. The van der Waals surface area contributed by atoms with Gasteiger partial charge in [-0.1, -0.05) is 44.2 Å². The van der Waals surface area contributed by atoms with E-state index < -0.39 is 18.1 Å². The highest BCUT2D eigenvalue weighted by Gasteiger charge is 2.20. The first-order chi connectivity index (χ1) is 9.63. The van der Waals surface area contributed by atoms with E-state index in [-0.39, 0.29) is 13.2 Å². The maximum Gasteiger partial charge on any atom is 0.408 e. The number of rotatable bonds is 6. The van der Waals surface area contributed by atoms with Gasteiger partial charge in [0.2, 0.25) is 0 Å². The van der Waals surface area contributed by atoms with Crippen LogP contribution in [0.4, 0.5) is 4.79 Å². The average Bonchev–Trinajstić information content (AvgIpc) is 2.48. The van der Waals surface area contributed by atoms with Gasteiger partial charge in [-0.15, -0.1) is 0 Å². The highest BCUT2D eigenvalue weighted by atomic mass is 16.5. The van der Waals surface area contributed by atoms with Gasteiger partial charge in [0, 0.05) is 7.11 Å². The van der Waals surface area contributed by atoms with Gasteiger partial charge in [-0.05, 0) is 5.56 Å². The van der Waals surface area contributed by atoms with E-state index in [0.717, 1.165) is 5.56 Å². The van der Waals surface area contributed by atoms with Gasteiger partial charge in [-0.3, -0.25) is 0 Å². The maximum absolute atomic E-state index is 11.4. The van der Waals surface area contributed by atoms with Crippen molar-refractivity contribution in [2.24, 2.45) is 0 Å². The number of hydrogen-bond acceptors (Lipinski definition) is 4. The molecule has 1 amide bonds. The first kappa shape index (κ1) is 17.9. The molecule has 0 unspecified atom stereocenters. The van der Waals surface area contributed by atoms with Crippen molar-refractivity contribution in [2.75, 3.05) is 13.7 Å². The minimum absolute atomic E-state index is 0.0893.